The molecule has 0 N–H and O–H groups in total. The number of hydrogen-bond acceptors (Lipinski definition) is 3. The molecule has 0 radical (unpaired) electrons. The van der Waals surface area contributed by atoms with E-state index in [1.54, 1.807) is 16.2 Å². The Bertz CT molecular complexity index is 477. The van der Waals surface area contributed by atoms with Crippen LogP contribution in [0.25, 0.3) is 0 Å². The van der Waals surface area contributed by atoms with E-state index in [1.807, 2.05) is 12.6 Å². The Hall–Kier alpha value is -1.16. The molecule has 0 spiro atoms. The fourth-order valence-electron chi connectivity index (χ4n) is 2.64. The highest BCUT2D eigenvalue weighted by Crippen LogP contribution is 2.46. The van der Waals surface area contributed by atoms with Gasteiger partial charge in [0.15, 0.2) is 0 Å². The van der Waals surface area contributed by atoms with Gasteiger partial charge in [0.25, 0.3) is 0 Å². The Kier molecular flexibility index (Phi) is 1.63. The molecule has 3 rings (SSSR count). The summed E-state index contributed by atoms with van der Waals surface area (Å²) in [6.07, 6.45) is 3.65. The lowest BCUT2D eigenvalue weighted by molar-refractivity contribution is -0.125. The largest absolute Gasteiger partial charge is 0.319 e. The number of nitrogens with zero attached hydrogens (tertiary/aromatic N) is 2. The van der Waals surface area contributed by atoms with Crippen molar-refractivity contribution in [3.05, 3.63) is 27.9 Å². The molecular formula is C11H12N2OS. The van der Waals surface area contributed by atoms with Gasteiger partial charge >= 0.3 is 0 Å². The summed E-state index contributed by atoms with van der Waals surface area (Å²) in [5.41, 5.74) is 3.96. The van der Waals surface area contributed by atoms with Crippen LogP contribution in [0, 0.1) is 0 Å². The number of thiazole rings is 1. The van der Waals surface area contributed by atoms with Gasteiger partial charge < -0.3 is 4.90 Å². The Labute approximate surface area is 92.4 Å². The second kappa shape index (κ2) is 2.70. The highest BCUT2D eigenvalue weighted by Gasteiger charge is 2.47. The third-order valence-corrected chi connectivity index (χ3v) is 4.31. The van der Waals surface area contributed by atoms with Crippen LogP contribution in [0.4, 0.5) is 0 Å². The predicted octanol–water partition coefficient (Wildman–Crippen LogP) is 1.70. The highest BCUT2D eigenvalue weighted by molar-refractivity contribution is 7.09. The van der Waals surface area contributed by atoms with Crippen molar-refractivity contribution in [1.29, 1.82) is 0 Å². The number of hydrogen-bond donors (Lipinski definition) is 0. The molecule has 1 aromatic heterocycles. The van der Waals surface area contributed by atoms with Crippen molar-refractivity contribution in [3.8, 4) is 0 Å². The van der Waals surface area contributed by atoms with E-state index in [-0.39, 0.29) is 11.3 Å². The quantitative estimate of drug-likeness (QED) is 0.666. The summed E-state index contributed by atoms with van der Waals surface area (Å²) in [6.45, 7) is 2.12. The minimum absolute atomic E-state index is 0.167. The zero-order chi connectivity index (χ0) is 10.6. The van der Waals surface area contributed by atoms with Crippen LogP contribution in [0.1, 0.15) is 23.9 Å². The third-order valence-electron chi connectivity index (χ3n) is 3.45. The number of likely N-dealkylation sites (tertiary alicyclic amines) is 1. The fraction of sp³-hybridized carbons (Fsp3) is 0.455. The van der Waals surface area contributed by atoms with Crippen LogP contribution in [0.5, 0.6) is 0 Å². The van der Waals surface area contributed by atoms with Gasteiger partial charge in [0, 0.05) is 30.5 Å². The molecule has 2 aliphatic rings. The van der Waals surface area contributed by atoms with Crippen molar-refractivity contribution in [3.63, 3.8) is 0 Å². The molecule has 0 bridgehead atoms. The van der Waals surface area contributed by atoms with E-state index in [0.29, 0.717) is 6.42 Å². The summed E-state index contributed by atoms with van der Waals surface area (Å²) >= 11 is 1.69. The first kappa shape index (κ1) is 9.09. The van der Waals surface area contributed by atoms with Gasteiger partial charge in [-0.05, 0) is 6.92 Å². The number of amides is 1. The average molecular weight is 220 g/mol. The Morgan fingerprint density at radius 3 is 3.20 bits per heavy atom. The Balaban J connectivity index is 2.20. The van der Waals surface area contributed by atoms with E-state index < -0.39 is 0 Å². The average Bonchev–Trinajstić information content (AvgIpc) is 2.72. The van der Waals surface area contributed by atoms with E-state index in [9.17, 15) is 4.79 Å². The van der Waals surface area contributed by atoms with Gasteiger partial charge in [-0.15, -0.1) is 11.3 Å². The molecule has 2 heterocycles. The smallest absolute Gasteiger partial charge is 0.227 e. The molecule has 1 aliphatic carbocycles. The zero-order valence-electron chi connectivity index (χ0n) is 8.78. The van der Waals surface area contributed by atoms with Crippen LogP contribution in [0.3, 0.4) is 0 Å². The van der Waals surface area contributed by atoms with E-state index in [4.69, 9.17) is 0 Å². The van der Waals surface area contributed by atoms with Crippen molar-refractivity contribution in [2.45, 2.75) is 25.2 Å². The van der Waals surface area contributed by atoms with Crippen LogP contribution in [0.2, 0.25) is 0 Å². The number of carbonyl (C=O) groups excluding carboxylic acids is 1. The molecule has 15 heavy (non-hydrogen) atoms. The summed E-state index contributed by atoms with van der Waals surface area (Å²) in [7, 11) is 1.86. The van der Waals surface area contributed by atoms with Gasteiger partial charge in [-0.2, -0.15) is 0 Å². The number of fused-ring (bicyclic) bond motifs is 3. The van der Waals surface area contributed by atoms with E-state index >= 15 is 0 Å². The van der Waals surface area contributed by atoms with Crippen molar-refractivity contribution in [1.82, 2.24) is 9.88 Å². The van der Waals surface area contributed by atoms with Crippen LogP contribution >= 0.6 is 11.3 Å². The maximum Gasteiger partial charge on any atom is 0.227 e. The standard InChI is InChI=1S/C11H12N2OS/c1-11-5-9(14)13(2)8(11)4-3-7-10(11)12-6-15-7/h4,6H,3,5H2,1-2H3/t11-/m0/s1. The monoisotopic (exact) mass is 220 g/mol. The molecule has 3 nitrogen and oxygen atoms in total. The van der Waals surface area contributed by atoms with Gasteiger partial charge in [0.1, 0.15) is 0 Å². The minimum Gasteiger partial charge on any atom is -0.319 e. The van der Waals surface area contributed by atoms with Crippen LogP contribution in [-0.4, -0.2) is 22.8 Å². The van der Waals surface area contributed by atoms with Gasteiger partial charge in [0.2, 0.25) is 5.91 Å². The maximum absolute atomic E-state index is 11.7. The maximum atomic E-state index is 11.7. The topological polar surface area (TPSA) is 33.2 Å². The van der Waals surface area contributed by atoms with Crippen molar-refractivity contribution in [2.75, 3.05) is 7.05 Å². The van der Waals surface area contributed by atoms with Crippen molar-refractivity contribution < 1.29 is 4.79 Å². The summed E-state index contributed by atoms with van der Waals surface area (Å²) in [5, 5.41) is 0. The summed E-state index contributed by atoms with van der Waals surface area (Å²) in [6, 6.07) is 0. The van der Waals surface area contributed by atoms with Gasteiger partial charge in [0.05, 0.1) is 16.6 Å². The first-order valence-corrected chi connectivity index (χ1v) is 5.91. The lowest BCUT2D eigenvalue weighted by atomic mass is 9.78. The second-order valence-corrected chi connectivity index (χ2v) is 5.32. The number of carbonyl (C=O) groups is 1. The molecule has 1 fully saturated rings. The number of likely N-dealkylation sites (N-methyl/N-ethyl adjacent to an activating group) is 1. The molecule has 0 aromatic carbocycles. The van der Waals surface area contributed by atoms with Gasteiger partial charge in [-0.1, -0.05) is 6.08 Å². The predicted molar refractivity (Wildman–Crippen MR) is 58.6 cm³/mol. The van der Waals surface area contributed by atoms with Crippen LogP contribution < -0.4 is 0 Å². The summed E-state index contributed by atoms with van der Waals surface area (Å²) in [4.78, 5) is 19.3. The first-order valence-electron chi connectivity index (χ1n) is 5.03. The molecule has 1 saturated heterocycles. The normalized spacial score (nSPS) is 28.8. The molecule has 1 aromatic rings. The summed E-state index contributed by atoms with van der Waals surface area (Å²) in [5.74, 6) is 0.199. The van der Waals surface area contributed by atoms with E-state index in [2.05, 4.69) is 18.0 Å². The highest BCUT2D eigenvalue weighted by atomic mass is 32.1. The fourth-order valence-corrected chi connectivity index (χ4v) is 3.49. The second-order valence-electron chi connectivity index (χ2n) is 4.38. The van der Waals surface area contributed by atoms with Crippen LogP contribution in [-0.2, 0) is 16.6 Å². The summed E-state index contributed by atoms with van der Waals surface area (Å²) < 4.78 is 0. The molecular weight excluding hydrogens is 208 g/mol. The van der Waals surface area contributed by atoms with Gasteiger partial charge in [-0.3, -0.25) is 4.79 Å². The molecule has 0 saturated carbocycles. The lowest BCUT2D eigenvalue weighted by Gasteiger charge is -2.29. The minimum atomic E-state index is -0.167. The lowest BCUT2D eigenvalue weighted by Crippen LogP contribution is -2.28. The molecule has 78 valence electrons. The number of aromatic nitrogens is 1. The molecule has 4 heteroatoms. The van der Waals surface area contributed by atoms with E-state index in [0.717, 1.165) is 17.8 Å². The van der Waals surface area contributed by atoms with Crippen LogP contribution in [0.15, 0.2) is 17.3 Å². The van der Waals surface area contributed by atoms with Crippen molar-refractivity contribution in [2.24, 2.45) is 0 Å². The number of rotatable bonds is 0. The van der Waals surface area contributed by atoms with Gasteiger partial charge in [-0.25, -0.2) is 4.98 Å². The van der Waals surface area contributed by atoms with Crippen molar-refractivity contribution >= 4 is 17.2 Å². The Morgan fingerprint density at radius 1 is 1.60 bits per heavy atom. The molecule has 1 amide bonds. The zero-order valence-corrected chi connectivity index (χ0v) is 9.60. The third kappa shape index (κ3) is 1.00. The molecule has 0 unspecified atom stereocenters. The molecule has 1 atom stereocenters. The van der Waals surface area contributed by atoms with E-state index in [1.165, 1.54) is 4.88 Å². The number of allylic oxidation sites excluding steroid dienone is 2. The first-order chi connectivity index (χ1) is 7.13. The molecule has 1 aliphatic heterocycles. The SMILES string of the molecule is CN1C(=O)C[C@@]2(C)C1=CCc1scnc12. The Morgan fingerprint density at radius 2 is 2.40 bits per heavy atom.